The molecule has 3 aromatic rings. The highest BCUT2D eigenvalue weighted by Gasteiger charge is 2.37. The van der Waals surface area contributed by atoms with Gasteiger partial charge in [-0.25, -0.2) is 19.7 Å². The molecule has 0 atom stereocenters. The molecule has 0 unspecified atom stereocenters. The van der Waals surface area contributed by atoms with Gasteiger partial charge in [0.25, 0.3) is 0 Å². The van der Waals surface area contributed by atoms with E-state index in [1.807, 2.05) is 49.6 Å². The van der Waals surface area contributed by atoms with Crippen molar-refractivity contribution in [3.8, 4) is 11.4 Å². The zero-order chi connectivity index (χ0) is 20.9. The Morgan fingerprint density at radius 3 is 2.48 bits per heavy atom. The van der Waals surface area contributed by atoms with Gasteiger partial charge in [-0.3, -0.25) is 0 Å². The smallest absolute Gasteiger partial charge is 0.330 e. The van der Waals surface area contributed by atoms with Gasteiger partial charge in [0.15, 0.2) is 10.8 Å². The molecule has 0 bridgehead atoms. The number of hydrogen-bond donors (Lipinski definition) is 0. The minimum atomic E-state index is -0.562. The Balaban J connectivity index is 1.73. The van der Waals surface area contributed by atoms with Crippen LogP contribution < -0.4 is 0 Å². The average molecular weight is 434 g/mol. The van der Waals surface area contributed by atoms with E-state index in [9.17, 15) is 4.79 Å². The van der Waals surface area contributed by atoms with Gasteiger partial charge in [0.1, 0.15) is 17.2 Å². The first-order chi connectivity index (χ1) is 13.6. The van der Waals surface area contributed by atoms with Crippen LogP contribution in [0, 0.1) is 12.3 Å². The van der Waals surface area contributed by atoms with Crippen molar-refractivity contribution >= 4 is 40.3 Å². The number of imidazole rings is 1. The molecule has 1 aromatic carbocycles. The largest absolute Gasteiger partial charge is 0.367 e. The van der Waals surface area contributed by atoms with E-state index in [-0.39, 0.29) is 12.0 Å². The molecule has 0 amide bonds. The summed E-state index contributed by atoms with van der Waals surface area (Å²) in [6.07, 6.45) is 0. The summed E-state index contributed by atoms with van der Waals surface area (Å²) < 4.78 is 2.01. The molecule has 0 N–H and O–H groups in total. The van der Waals surface area contributed by atoms with E-state index in [0.717, 1.165) is 5.56 Å². The van der Waals surface area contributed by atoms with E-state index in [1.54, 1.807) is 12.0 Å². The molecule has 1 fully saturated rings. The molecule has 2 aromatic heterocycles. The predicted octanol–water partition coefficient (Wildman–Crippen LogP) is 4.47. The van der Waals surface area contributed by atoms with Gasteiger partial charge in [0.2, 0.25) is 0 Å². The van der Waals surface area contributed by atoms with Gasteiger partial charge in [-0.1, -0.05) is 35.3 Å². The minimum Gasteiger partial charge on any atom is -0.367 e. The molecule has 4 rings (SSSR count). The number of rotatable bonds is 3. The van der Waals surface area contributed by atoms with Gasteiger partial charge < -0.3 is 9.40 Å². The van der Waals surface area contributed by atoms with Crippen LogP contribution in [-0.2, 0) is 9.63 Å². The lowest BCUT2D eigenvalue weighted by Gasteiger charge is -2.39. The quantitative estimate of drug-likeness (QED) is 0.567. The molecule has 0 spiro atoms. The van der Waals surface area contributed by atoms with Gasteiger partial charge in [-0.2, -0.15) is 0 Å². The van der Waals surface area contributed by atoms with Crippen LogP contribution >= 0.6 is 23.2 Å². The molecule has 1 saturated heterocycles. The summed E-state index contributed by atoms with van der Waals surface area (Å²) in [7, 11) is 0. The SMILES string of the molecule is Cc1nc(Cl)c2nc(-c3ccccc3Cl)n(C3CN(OC(=O)C(C)(C)C)C3)c2n1. The number of fused-ring (bicyclic) bond motifs is 1. The summed E-state index contributed by atoms with van der Waals surface area (Å²) in [6.45, 7) is 8.31. The molecule has 3 heterocycles. The second-order valence-corrected chi connectivity index (χ2v) is 8.91. The minimum absolute atomic E-state index is 0.00408. The van der Waals surface area contributed by atoms with Crippen molar-refractivity contribution in [2.45, 2.75) is 33.7 Å². The van der Waals surface area contributed by atoms with Crippen molar-refractivity contribution in [2.24, 2.45) is 5.41 Å². The molecule has 1 aliphatic heterocycles. The van der Waals surface area contributed by atoms with Crippen LogP contribution in [0.1, 0.15) is 32.6 Å². The molecule has 1 aliphatic rings. The van der Waals surface area contributed by atoms with E-state index in [0.29, 0.717) is 46.1 Å². The number of benzene rings is 1. The zero-order valence-corrected chi connectivity index (χ0v) is 18.1. The Morgan fingerprint density at radius 2 is 1.83 bits per heavy atom. The number of aromatic nitrogens is 4. The monoisotopic (exact) mass is 433 g/mol. The van der Waals surface area contributed by atoms with Crippen LogP contribution in [0.15, 0.2) is 24.3 Å². The van der Waals surface area contributed by atoms with Gasteiger partial charge in [-0.15, -0.1) is 5.06 Å². The lowest BCUT2D eigenvalue weighted by atomic mass is 9.98. The van der Waals surface area contributed by atoms with Crippen LogP contribution in [0.4, 0.5) is 0 Å². The zero-order valence-electron chi connectivity index (χ0n) is 16.6. The third-order valence-electron chi connectivity index (χ3n) is 4.74. The van der Waals surface area contributed by atoms with Crippen LogP contribution in [0.2, 0.25) is 10.2 Å². The van der Waals surface area contributed by atoms with Crippen LogP contribution in [0.25, 0.3) is 22.6 Å². The molecule has 152 valence electrons. The fraction of sp³-hybridized carbons (Fsp3) is 0.400. The van der Waals surface area contributed by atoms with E-state index < -0.39 is 5.41 Å². The maximum absolute atomic E-state index is 12.2. The molecule has 29 heavy (non-hydrogen) atoms. The first-order valence-electron chi connectivity index (χ1n) is 9.29. The maximum Gasteiger partial charge on any atom is 0.330 e. The van der Waals surface area contributed by atoms with E-state index in [2.05, 4.69) is 9.97 Å². The van der Waals surface area contributed by atoms with Gasteiger partial charge >= 0.3 is 5.97 Å². The average Bonchev–Trinajstić information content (AvgIpc) is 2.96. The van der Waals surface area contributed by atoms with Crippen molar-refractivity contribution in [1.82, 2.24) is 24.6 Å². The Hall–Kier alpha value is -2.22. The van der Waals surface area contributed by atoms with Crippen molar-refractivity contribution in [3.05, 3.63) is 40.3 Å². The molecule has 0 aliphatic carbocycles. The topological polar surface area (TPSA) is 73.1 Å². The Morgan fingerprint density at radius 1 is 1.14 bits per heavy atom. The predicted molar refractivity (Wildman–Crippen MR) is 112 cm³/mol. The van der Waals surface area contributed by atoms with Crippen molar-refractivity contribution in [3.63, 3.8) is 0 Å². The van der Waals surface area contributed by atoms with Crippen molar-refractivity contribution in [1.29, 1.82) is 0 Å². The molecule has 0 saturated carbocycles. The fourth-order valence-corrected chi connectivity index (χ4v) is 3.60. The lowest BCUT2D eigenvalue weighted by molar-refractivity contribution is -0.225. The van der Waals surface area contributed by atoms with Gasteiger partial charge in [-0.05, 0) is 39.8 Å². The highest BCUT2D eigenvalue weighted by molar-refractivity contribution is 6.34. The summed E-state index contributed by atoms with van der Waals surface area (Å²) in [5, 5.41) is 2.53. The number of hydroxylamine groups is 2. The number of halogens is 2. The summed E-state index contributed by atoms with van der Waals surface area (Å²) >= 11 is 12.8. The van der Waals surface area contributed by atoms with E-state index in [4.69, 9.17) is 33.0 Å². The van der Waals surface area contributed by atoms with Gasteiger partial charge in [0.05, 0.1) is 29.6 Å². The fourth-order valence-electron chi connectivity index (χ4n) is 3.13. The summed E-state index contributed by atoms with van der Waals surface area (Å²) in [5.74, 6) is 0.961. The molecule has 7 nitrogen and oxygen atoms in total. The third-order valence-corrected chi connectivity index (χ3v) is 5.34. The summed E-state index contributed by atoms with van der Waals surface area (Å²) in [5.41, 5.74) is 1.39. The molecule has 0 radical (unpaired) electrons. The Bertz CT molecular complexity index is 1100. The van der Waals surface area contributed by atoms with Crippen LogP contribution in [0.5, 0.6) is 0 Å². The highest BCUT2D eigenvalue weighted by Crippen LogP contribution is 2.36. The van der Waals surface area contributed by atoms with Crippen molar-refractivity contribution in [2.75, 3.05) is 13.1 Å². The molecule has 9 heteroatoms. The lowest BCUT2D eigenvalue weighted by Crippen LogP contribution is -2.49. The van der Waals surface area contributed by atoms with Gasteiger partial charge in [0, 0.05) is 5.56 Å². The molecular formula is C20H21Cl2N5O2. The Labute approximate surface area is 178 Å². The first kappa shape index (κ1) is 20.1. The number of carbonyl (C=O) groups is 1. The number of aryl methyl sites for hydroxylation is 1. The standard InChI is InChI=1S/C20H21Cl2N5O2/c1-11-23-16(22)15-18(24-11)27(17(25-15)13-7-5-6-8-14(13)21)12-9-26(10-12)29-19(28)20(2,3)4/h5-8,12H,9-10H2,1-4H3. The number of carbonyl (C=O) groups excluding carboxylic acids is 1. The van der Waals surface area contributed by atoms with Crippen LogP contribution in [-0.4, -0.2) is 43.6 Å². The third kappa shape index (κ3) is 3.70. The highest BCUT2D eigenvalue weighted by atomic mass is 35.5. The Kier molecular flexibility index (Phi) is 5.01. The van der Waals surface area contributed by atoms with E-state index in [1.165, 1.54) is 0 Å². The second-order valence-electron chi connectivity index (χ2n) is 8.15. The molecular weight excluding hydrogens is 413 g/mol. The normalized spacial score (nSPS) is 15.5. The number of nitrogens with zero attached hydrogens (tertiary/aromatic N) is 5. The van der Waals surface area contributed by atoms with Crippen LogP contribution in [0.3, 0.4) is 0 Å². The summed E-state index contributed by atoms with van der Waals surface area (Å²) in [4.78, 5) is 31.1. The first-order valence-corrected chi connectivity index (χ1v) is 10.0. The maximum atomic E-state index is 12.2. The number of hydrogen-bond acceptors (Lipinski definition) is 6. The second kappa shape index (κ2) is 7.23. The van der Waals surface area contributed by atoms with Crippen molar-refractivity contribution < 1.29 is 9.63 Å². The van der Waals surface area contributed by atoms with E-state index >= 15 is 0 Å². The summed E-state index contributed by atoms with van der Waals surface area (Å²) in [6, 6.07) is 7.50.